The molecule has 2 heterocycles. The number of thiocarbonyl (C=S) groups is 1. The standard InChI is InChI=1S/C13H17NO8S/c1-5(15)18-4-8-9(19-6(2)16)10(20-7(3)17)11-12(21-8)14-13(23)22-11/h8-12H,4H2,1-3H3,(H,14,23)/t8-,9-,10+,11+,12-/m1/s1. The zero-order valence-electron chi connectivity index (χ0n) is 12.8. The zero-order valence-corrected chi connectivity index (χ0v) is 13.6. The Morgan fingerprint density at radius 1 is 1.09 bits per heavy atom. The first-order valence-electron chi connectivity index (χ1n) is 6.88. The Labute approximate surface area is 137 Å². The number of ether oxygens (including phenoxy) is 5. The van der Waals surface area contributed by atoms with Crippen molar-refractivity contribution in [1.29, 1.82) is 0 Å². The summed E-state index contributed by atoms with van der Waals surface area (Å²) in [5, 5.41) is 2.84. The van der Waals surface area contributed by atoms with Crippen molar-refractivity contribution in [3.05, 3.63) is 0 Å². The van der Waals surface area contributed by atoms with Gasteiger partial charge in [0, 0.05) is 20.8 Å². The average molecular weight is 347 g/mol. The van der Waals surface area contributed by atoms with E-state index in [1.807, 2.05) is 0 Å². The lowest BCUT2D eigenvalue weighted by Gasteiger charge is -2.40. The van der Waals surface area contributed by atoms with E-state index in [1.54, 1.807) is 0 Å². The van der Waals surface area contributed by atoms with Gasteiger partial charge < -0.3 is 29.0 Å². The van der Waals surface area contributed by atoms with E-state index >= 15 is 0 Å². The van der Waals surface area contributed by atoms with Crippen LogP contribution in [0.1, 0.15) is 20.8 Å². The first kappa shape index (κ1) is 17.4. The van der Waals surface area contributed by atoms with Crippen molar-refractivity contribution < 1.29 is 38.1 Å². The number of fused-ring (bicyclic) bond motifs is 1. The van der Waals surface area contributed by atoms with E-state index in [0.717, 1.165) is 0 Å². The molecule has 1 N–H and O–H groups in total. The van der Waals surface area contributed by atoms with E-state index in [0.29, 0.717) is 0 Å². The van der Waals surface area contributed by atoms with Crippen molar-refractivity contribution in [2.45, 2.75) is 51.4 Å². The van der Waals surface area contributed by atoms with Gasteiger partial charge in [0.25, 0.3) is 5.17 Å². The summed E-state index contributed by atoms with van der Waals surface area (Å²) in [6.45, 7) is 3.49. The second kappa shape index (κ2) is 7.09. The summed E-state index contributed by atoms with van der Waals surface area (Å²) in [5.74, 6) is -1.71. The molecule has 2 saturated heterocycles. The topological polar surface area (TPSA) is 109 Å². The molecule has 0 saturated carbocycles. The summed E-state index contributed by atoms with van der Waals surface area (Å²) in [7, 11) is 0. The summed E-state index contributed by atoms with van der Waals surface area (Å²) in [5.41, 5.74) is 0. The minimum atomic E-state index is -1.00. The maximum Gasteiger partial charge on any atom is 0.303 e. The fourth-order valence-electron chi connectivity index (χ4n) is 2.43. The highest BCUT2D eigenvalue weighted by Gasteiger charge is 2.54. The molecule has 9 nitrogen and oxygen atoms in total. The second-order valence-electron chi connectivity index (χ2n) is 5.06. The number of hydrogen-bond acceptors (Lipinski definition) is 9. The van der Waals surface area contributed by atoms with Crippen LogP contribution in [0.4, 0.5) is 0 Å². The first-order chi connectivity index (χ1) is 10.8. The number of nitrogens with one attached hydrogen (secondary N) is 1. The predicted molar refractivity (Wildman–Crippen MR) is 77.0 cm³/mol. The van der Waals surface area contributed by atoms with E-state index in [1.165, 1.54) is 20.8 Å². The van der Waals surface area contributed by atoms with Crippen molar-refractivity contribution in [3.63, 3.8) is 0 Å². The average Bonchev–Trinajstić information content (AvgIpc) is 2.78. The number of carbonyl (C=O) groups is 3. The number of esters is 3. The molecule has 0 aromatic carbocycles. The largest absolute Gasteiger partial charge is 0.463 e. The van der Waals surface area contributed by atoms with Crippen LogP contribution in [0.25, 0.3) is 0 Å². The Balaban J connectivity index is 2.25. The SMILES string of the molecule is CC(=O)OC[C@H]1O[C@H]2NC(=S)O[C@H]2[C@@H](OC(C)=O)[C@@H]1OC(C)=O. The van der Waals surface area contributed by atoms with E-state index in [4.69, 9.17) is 35.9 Å². The van der Waals surface area contributed by atoms with Gasteiger partial charge in [-0.2, -0.15) is 0 Å². The van der Waals surface area contributed by atoms with Crippen LogP contribution in [-0.4, -0.2) is 60.3 Å². The maximum absolute atomic E-state index is 11.4. The van der Waals surface area contributed by atoms with Gasteiger partial charge in [-0.25, -0.2) is 0 Å². The van der Waals surface area contributed by atoms with Crippen LogP contribution in [0.3, 0.4) is 0 Å². The maximum atomic E-state index is 11.4. The van der Waals surface area contributed by atoms with Crippen molar-refractivity contribution >= 4 is 35.3 Å². The fourth-order valence-corrected chi connectivity index (χ4v) is 2.65. The van der Waals surface area contributed by atoms with Crippen LogP contribution in [0.2, 0.25) is 0 Å². The summed E-state index contributed by atoms with van der Waals surface area (Å²) in [6, 6.07) is 0. The van der Waals surface area contributed by atoms with Gasteiger partial charge in [0.1, 0.15) is 12.7 Å². The second-order valence-corrected chi connectivity index (χ2v) is 5.43. The monoisotopic (exact) mass is 347 g/mol. The molecule has 0 aromatic heterocycles. The van der Waals surface area contributed by atoms with E-state index in [2.05, 4.69) is 5.32 Å². The predicted octanol–water partition coefficient (Wildman–Crippen LogP) is -0.589. The molecule has 0 amide bonds. The van der Waals surface area contributed by atoms with Crippen LogP contribution in [0.5, 0.6) is 0 Å². The first-order valence-corrected chi connectivity index (χ1v) is 7.29. The van der Waals surface area contributed by atoms with Gasteiger partial charge >= 0.3 is 17.9 Å². The smallest absolute Gasteiger partial charge is 0.303 e. The van der Waals surface area contributed by atoms with E-state index in [-0.39, 0.29) is 11.8 Å². The molecular formula is C13H17NO8S. The lowest BCUT2D eigenvalue weighted by molar-refractivity contribution is -0.237. The third kappa shape index (κ3) is 4.29. The van der Waals surface area contributed by atoms with Gasteiger partial charge in [0.05, 0.1) is 0 Å². The third-order valence-electron chi connectivity index (χ3n) is 3.19. The molecule has 0 spiro atoms. The van der Waals surface area contributed by atoms with Gasteiger partial charge in [-0.05, 0) is 12.2 Å². The summed E-state index contributed by atoms with van der Waals surface area (Å²) < 4.78 is 26.4. The lowest BCUT2D eigenvalue weighted by Crippen LogP contribution is -2.61. The van der Waals surface area contributed by atoms with Crippen LogP contribution in [0, 0.1) is 0 Å². The Morgan fingerprint density at radius 2 is 1.70 bits per heavy atom. The van der Waals surface area contributed by atoms with E-state index in [9.17, 15) is 14.4 Å². The van der Waals surface area contributed by atoms with Gasteiger partial charge in [-0.15, -0.1) is 0 Å². The highest BCUT2D eigenvalue weighted by Crippen LogP contribution is 2.30. The molecule has 23 heavy (non-hydrogen) atoms. The van der Waals surface area contributed by atoms with Gasteiger partial charge in [0.2, 0.25) is 0 Å². The Kier molecular flexibility index (Phi) is 5.37. The van der Waals surface area contributed by atoms with Crippen molar-refractivity contribution in [2.24, 2.45) is 0 Å². The van der Waals surface area contributed by atoms with Crippen molar-refractivity contribution in [3.8, 4) is 0 Å². The molecule has 2 aliphatic heterocycles. The minimum absolute atomic E-state index is 0.0758. The molecule has 2 rings (SSSR count). The fraction of sp³-hybridized carbons (Fsp3) is 0.692. The number of carbonyl (C=O) groups excluding carboxylic acids is 3. The normalized spacial score (nSPS) is 32.1. The molecule has 0 aromatic rings. The molecule has 2 aliphatic rings. The van der Waals surface area contributed by atoms with Crippen molar-refractivity contribution in [2.75, 3.05) is 6.61 Å². The quantitative estimate of drug-likeness (QED) is 0.402. The van der Waals surface area contributed by atoms with Crippen LogP contribution in [-0.2, 0) is 38.1 Å². The third-order valence-corrected chi connectivity index (χ3v) is 3.41. The molecule has 5 atom stereocenters. The molecular weight excluding hydrogens is 330 g/mol. The number of rotatable bonds is 4. The summed E-state index contributed by atoms with van der Waals surface area (Å²) in [6.07, 6.45) is -4.28. The molecule has 0 unspecified atom stereocenters. The Morgan fingerprint density at radius 3 is 2.26 bits per heavy atom. The lowest BCUT2D eigenvalue weighted by atomic mass is 9.98. The highest BCUT2D eigenvalue weighted by molar-refractivity contribution is 7.80. The molecule has 10 heteroatoms. The van der Waals surface area contributed by atoms with Gasteiger partial charge in [-0.3, -0.25) is 14.4 Å². The molecule has 0 bridgehead atoms. The zero-order chi connectivity index (χ0) is 17.1. The summed E-state index contributed by atoms with van der Waals surface area (Å²) >= 11 is 4.92. The van der Waals surface area contributed by atoms with Crippen LogP contribution in [0.15, 0.2) is 0 Å². The highest BCUT2D eigenvalue weighted by atomic mass is 32.1. The van der Waals surface area contributed by atoms with Crippen LogP contribution < -0.4 is 5.32 Å². The van der Waals surface area contributed by atoms with Crippen molar-refractivity contribution in [1.82, 2.24) is 5.32 Å². The molecule has 0 aliphatic carbocycles. The molecule has 128 valence electrons. The Bertz CT molecular complexity index is 524. The molecule has 0 radical (unpaired) electrons. The number of hydrogen-bond donors (Lipinski definition) is 1. The van der Waals surface area contributed by atoms with Gasteiger partial charge in [0.15, 0.2) is 24.5 Å². The molecule has 2 fully saturated rings. The Hall–Kier alpha value is -1.94. The van der Waals surface area contributed by atoms with E-state index < -0.39 is 48.6 Å². The summed E-state index contributed by atoms with van der Waals surface area (Å²) in [4.78, 5) is 33.8. The minimum Gasteiger partial charge on any atom is -0.463 e. The van der Waals surface area contributed by atoms with Gasteiger partial charge in [-0.1, -0.05) is 0 Å². The van der Waals surface area contributed by atoms with Crippen LogP contribution >= 0.6 is 12.2 Å².